The number of hydrogen-bond donors (Lipinski definition) is 0. The molecule has 57 nitrogen and oxygen atoms in total. The Kier molecular flexibility index (Phi) is 147. The van der Waals surface area contributed by atoms with Gasteiger partial charge in [0, 0.05) is 66.7 Å². The third-order valence-electron chi connectivity index (χ3n) is 7.47. The van der Waals surface area contributed by atoms with Crippen molar-refractivity contribution < 1.29 is 551 Å². The zero-order valence-corrected chi connectivity index (χ0v) is 79.5. The van der Waals surface area contributed by atoms with Gasteiger partial charge in [-0.05, 0) is 66.7 Å². The molecule has 0 saturated heterocycles. The molecule has 6 radical (unpaired) electrons. The second-order valence-electron chi connectivity index (χ2n) is 14.1. The van der Waals surface area contributed by atoms with Gasteiger partial charge in [-0.15, -0.1) is 0 Å². The van der Waals surface area contributed by atoms with Gasteiger partial charge >= 0.3 is 271 Å². The van der Waals surface area contributed by atoms with Crippen LogP contribution < -0.4 is 108 Å². The van der Waals surface area contributed by atoms with Gasteiger partial charge in [0.05, 0.1) is 68.9 Å². The van der Waals surface area contributed by atoms with Gasteiger partial charge in [-0.3, -0.25) is 0 Å². The smallest absolute Gasteiger partial charge is 0.870 e. The van der Waals surface area contributed by atoms with Crippen molar-refractivity contribution in [2.45, 2.75) is 0 Å². The Morgan fingerprint density at radius 2 is 0.242 bits per heavy atom. The van der Waals surface area contributed by atoms with E-state index in [-0.39, 0.29) is 407 Å². The zero-order valence-electron chi connectivity index (χ0n) is 57.7. The predicted molar refractivity (Wildman–Crippen MR) is 301 cm³/mol. The summed E-state index contributed by atoms with van der Waals surface area (Å²) in [6.07, 6.45) is -3.48. The first-order valence-electron chi connectivity index (χ1n) is 24.3. The Morgan fingerprint density at radius 3 is 0.275 bits per heavy atom. The van der Waals surface area contributed by atoms with Gasteiger partial charge in [0.2, 0.25) is 65.4 Å². The van der Waals surface area contributed by atoms with Crippen LogP contribution in [0, 0.1) is 236 Å². The van der Waals surface area contributed by atoms with Crippen LogP contribution in [-0.2, 0) is 34.1 Å². The maximum Gasteiger partial charge on any atom is 3.00 e. The van der Waals surface area contributed by atoms with Crippen molar-refractivity contribution >= 4 is 67.7 Å². The van der Waals surface area contributed by atoms with Crippen molar-refractivity contribution in [2.24, 2.45) is 0 Å². The monoisotopic (exact) mass is 2590 g/mol. The van der Waals surface area contributed by atoms with Gasteiger partial charge < -0.3 is 281 Å². The average Bonchev–Trinajstić information content (AvgIpc) is 1.96. The maximum absolute atomic E-state index is 9.67. The molecule has 11 aromatic rings. The molecule has 0 aliphatic heterocycles. The van der Waals surface area contributed by atoms with Crippen LogP contribution in [0.4, 0.5) is 52.7 Å². The van der Waals surface area contributed by atoms with Gasteiger partial charge in [0.15, 0.2) is 0 Å². The Labute approximate surface area is 874 Å². The Hall–Kier alpha value is -7.59. The summed E-state index contributed by atoms with van der Waals surface area (Å²) in [7, 11) is 0. The molecule has 0 unspecified atom stereocenters. The van der Waals surface area contributed by atoms with E-state index in [1.807, 2.05) is 0 Å². The quantitative estimate of drug-likeness (QED) is 0.0892. The van der Waals surface area contributed by atoms with E-state index in [2.05, 4.69) is 101 Å². The summed E-state index contributed by atoms with van der Waals surface area (Å²) < 4.78 is 93.4. The molecule has 65 heteroatoms. The van der Waals surface area contributed by atoms with Crippen LogP contribution in [0.5, 0.6) is 65.4 Å². The van der Waals surface area contributed by atoms with Gasteiger partial charge in [-0.25, -0.2) is 0 Å². The predicted octanol–water partition coefficient (Wildman–Crippen LogP) is -3.58. The standard InChI is InChI=1S/11C5H4O4.2Ce.2Cu.2La.2Nd.13H2O/c11*6-5(7)9-4-2-1-3-8-4;;;;;;;;;;;;;;;;;;;;;/h11*1-3H,(H,6,7);;;;;;;;;13*1H2/q;;;;;;;;;;;2*+3;2*+2;4*+3;;;;;;;;;;;;;/p-22. The first-order chi connectivity index (χ1) is 47.2. The van der Waals surface area contributed by atoms with Gasteiger partial charge in [0.25, 0.3) is 67.7 Å². The molecular formula is C55H48Ce2Cu2La2Nd2O57. The summed E-state index contributed by atoms with van der Waals surface area (Å²) in [5, 5.41) is 106. The van der Waals surface area contributed by atoms with Crippen molar-refractivity contribution in [1.29, 1.82) is 0 Å². The minimum atomic E-state index is -1.62. The Balaban J connectivity index is -0.0000000465. The van der Waals surface area contributed by atoms with Crippen molar-refractivity contribution in [2.75, 3.05) is 0 Å². The topological polar surface area (TPSA) is 1080 Å². The molecule has 0 fully saturated rings. The third-order valence-corrected chi connectivity index (χ3v) is 7.47. The second-order valence-corrected chi connectivity index (χ2v) is 14.1. The molecule has 0 amide bonds. The number of hydrogen-bond acceptors (Lipinski definition) is 55. The molecule has 120 heavy (non-hydrogen) atoms. The zero-order chi connectivity index (χ0) is 73.6. The summed E-state index contributed by atoms with van der Waals surface area (Å²) in [5.74, 6) is -0.815. The van der Waals surface area contributed by atoms with Crippen LogP contribution in [0.2, 0.25) is 0 Å². The summed E-state index contributed by atoms with van der Waals surface area (Å²) in [4.78, 5) is 106. The normalized spacial score (nSPS) is 7.33. The van der Waals surface area contributed by atoms with Crippen LogP contribution in [-0.4, -0.2) is 139 Å². The molecule has 0 atom stereocenters. The molecule has 0 aliphatic carbocycles. The van der Waals surface area contributed by atoms with Crippen LogP contribution >= 0.6 is 0 Å². The number of carbonyl (C=O) groups is 11. The fraction of sp³-hybridized carbons (Fsp3) is 0. The maximum atomic E-state index is 9.67. The van der Waals surface area contributed by atoms with E-state index in [4.69, 9.17) is 0 Å². The summed E-state index contributed by atoms with van der Waals surface area (Å²) in [6, 6.07) is 31.7. The molecule has 0 aromatic carbocycles. The first kappa shape index (κ1) is 167. The molecule has 11 aromatic heterocycles. The number of furan rings is 11. The van der Waals surface area contributed by atoms with Crippen LogP contribution in [0.15, 0.2) is 251 Å². The number of ether oxygens (including phenoxy) is 11. The Morgan fingerprint density at radius 1 is 0.183 bits per heavy atom. The molecular weight excluding hydrogens is 2550 g/mol. The SMILES string of the molecule is O.O.O=C([O-])Oc1ccco1.O=C([O-])Oc1ccco1.O=C([O-])Oc1ccco1.O=C([O-])Oc1ccco1.O=C([O-])Oc1ccco1.O=C([O-])Oc1ccco1.O=C([O-])Oc1ccco1.O=C([O-])Oc1ccco1.O=C([O-])Oc1ccco1.O=C([O-])Oc1ccco1.O=C([O-])Oc1ccco1.[Ce+3].[Ce+3].[Cu+2].[Cu+2].[La+3].[La+3].[Nd+3].[Nd+3].[OH-].[OH-].[OH-].[OH-].[OH-].[OH-].[OH-].[OH-].[OH-].[OH-].[OH-]. The van der Waals surface area contributed by atoms with Gasteiger partial charge in [-0.2, -0.15) is 0 Å². The van der Waals surface area contributed by atoms with Crippen LogP contribution in [0.1, 0.15) is 0 Å². The summed E-state index contributed by atoms with van der Waals surface area (Å²) in [6.45, 7) is 0. The molecule has 0 saturated carbocycles. The Bertz CT molecular complexity index is 3030. The molecule has 0 bridgehead atoms. The molecule has 654 valence electrons. The van der Waals surface area contributed by atoms with Crippen molar-refractivity contribution in [3.63, 3.8) is 0 Å². The fourth-order valence-electron chi connectivity index (χ4n) is 4.44. The second kappa shape index (κ2) is 106. The van der Waals surface area contributed by atoms with E-state index >= 15 is 0 Å². The molecule has 11 rings (SSSR count). The molecule has 11 heterocycles. The van der Waals surface area contributed by atoms with Crippen molar-refractivity contribution in [1.82, 2.24) is 0 Å². The minimum Gasteiger partial charge on any atom is -0.870 e. The third kappa shape index (κ3) is 103. The van der Waals surface area contributed by atoms with E-state index in [9.17, 15) is 109 Å². The molecule has 15 N–H and O–H groups in total. The molecule has 0 aliphatic rings. The van der Waals surface area contributed by atoms with E-state index in [1.54, 1.807) is 0 Å². The van der Waals surface area contributed by atoms with E-state index in [1.165, 1.54) is 202 Å². The van der Waals surface area contributed by atoms with E-state index in [0.29, 0.717) is 0 Å². The average molecular weight is 2590 g/mol. The van der Waals surface area contributed by atoms with Crippen molar-refractivity contribution in [3.05, 3.63) is 202 Å². The first-order valence-corrected chi connectivity index (χ1v) is 24.3. The number of carboxylic acid groups (broad SMARTS) is 11. The van der Waals surface area contributed by atoms with E-state index in [0.717, 1.165) is 0 Å². The van der Waals surface area contributed by atoms with E-state index < -0.39 is 67.7 Å². The number of rotatable bonds is 11. The van der Waals surface area contributed by atoms with Gasteiger partial charge in [0.1, 0.15) is 0 Å². The van der Waals surface area contributed by atoms with Crippen LogP contribution in [0.3, 0.4) is 0 Å². The van der Waals surface area contributed by atoms with Crippen molar-refractivity contribution in [3.8, 4) is 65.4 Å². The van der Waals surface area contributed by atoms with Crippen LogP contribution in [0.25, 0.3) is 0 Å². The summed E-state index contributed by atoms with van der Waals surface area (Å²) >= 11 is 0. The largest absolute Gasteiger partial charge is 3.00 e. The molecule has 0 spiro atoms. The fourth-order valence-corrected chi connectivity index (χ4v) is 4.44. The number of carbonyl (C=O) groups excluding carboxylic acids is 11. The van der Waals surface area contributed by atoms with Gasteiger partial charge in [-0.1, -0.05) is 0 Å². The minimum absolute atomic E-state index is 0. The summed E-state index contributed by atoms with van der Waals surface area (Å²) in [5.41, 5.74) is 0.